The van der Waals surface area contributed by atoms with E-state index in [1.54, 1.807) is 0 Å². The summed E-state index contributed by atoms with van der Waals surface area (Å²) in [5.74, 6) is 2.09. The van der Waals surface area contributed by atoms with Crippen LogP contribution < -0.4 is 10.6 Å². The first-order valence-corrected chi connectivity index (χ1v) is 8.94. The van der Waals surface area contributed by atoms with Crippen LogP contribution in [-0.4, -0.2) is 50.2 Å². The third-order valence-corrected chi connectivity index (χ3v) is 4.97. The number of ether oxygens (including phenoxy) is 1. The van der Waals surface area contributed by atoms with E-state index >= 15 is 0 Å². The highest BCUT2D eigenvalue weighted by molar-refractivity contribution is 14.0. The van der Waals surface area contributed by atoms with Crippen LogP contribution in [-0.2, 0) is 9.53 Å². The van der Waals surface area contributed by atoms with Crippen LogP contribution in [0, 0.1) is 0 Å². The maximum absolute atomic E-state index is 10.9. The van der Waals surface area contributed by atoms with E-state index in [0.717, 1.165) is 50.0 Å². The number of esters is 1. The Hall–Kier alpha value is -0.180. The highest BCUT2D eigenvalue weighted by Gasteiger charge is 2.15. The predicted octanol–water partition coefficient (Wildman–Crippen LogP) is 2.79. The van der Waals surface area contributed by atoms with Crippen molar-refractivity contribution in [2.75, 3.05) is 33.0 Å². The Balaban J connectivity index is 0.00000441. The number of hydrogen-bond donors (Lipinski definition) is 2. The van der Waals surface area contributed by atoms with Gasteiger partial charge in [0.2, 0.25) is 0 Å². The number of hydrogen-bond acceptors (Lipinski definition) is 4. The molecule has 0 aliphatic carbocycles. The van der Waals surface area contributed by atoms with E-state index in [-0.39, 0.29) is 29.9 Å². The molecule has 0 spiro atoms. The maximum Gasteiger partial charge on any atom is 0.305 e. The number of aliphatic imine (C=N–C) groups is 1. The zero-order valence-electron chi connectivity index (χ0n) is 13.7. The van der Waals surface area contributed by atoms with Crippen LogP contribution in [0.3, 0.4) is 0 Å². The highest BCUT2D eigenvalue weighted by Crippen LogP contribution is 2.25. The molecule has 7 heteroatoms. The monoisotopic (exact) mass is 443 g/mol. The van der Waals surface area contributed by atoms with Gasteiger partial charge in [0.05, 0.1) is 7.11 Å². The van der Waals surface area contributed by atoms with Gasteiger partial charge in [0.15, 0.2) is 5.96 Å². The van der Waals surface area contributed by atoms with Crippen molar-refractivity contribution >= 4 is 47.7 Å². The van der Waals surface area contributed by atoms with Crippen molar-refractivity contribution in [3.63, 3.8) is 0 Å². The molecule has 0 radical (unpaired) electrons. The Bertz CT molecular complexity index is 324. The van der Waals surface area contributed by atoms with Crippen molar-refractivity contribution < 1.29 is 9.53 Å². The van der Waals surface area contributed by atoms with Crippen LogP contribution >= 0.6 is 35.7 Å². The van der Waals surface area contributed by atoms with E-state index in [0.29, 0.717) is 6.42 Å². The maximum atomic E-state index is 10.9. The molecule has 130 valence electrons. The van der Waals surface area contributed by atoms with E-state index in [9.17, 15) is 4.79 Å². The van der Waals surface area contributed by atoms with Crippen molar-refractivity contribution in [3.05, 3.63) is 0 Å². The number of unbranched alkanes of at least 4 members (excludes halogenated alkanes) is 3. The summed E-state index contributed by atoms with van der Waals surface area (Å²) in [5.41, 5.74) is 0. The summed E-state index contributed by atoms with van der Waals surface area (Å²) in [7, 11) is 3.25. The molecule has 1 fully saturated rings. The van der Waals surface area contributed by atoms with Gasteiger partial charge in [0.1, 0.15) is 0 Å². The summed E-state index contributed by atoms with van der Waals surface area (Å²) in [6.45, 7) is 1.93. The minimum Gasteiger partial charge on any atom is -0.469 e. The lowest BCUT2D eigenvalue weighted by Crippen LogP contribution is -2.40. The number of guanidine groups is 1. The molecule has 1 rings (SSSR count). The van der Waals surface area contributed by atoms with Gasteiger partial charge >= 0.3 is 5.97 Å². The van der Waals surface area contributed by atoms with Gasteiger partial charge in [0, 0.05) is 31.8 Å². The van der Waals surface area contributed by atoms with E-state index in [1.807, 2.05) is 7.05 Å². The van der Waals surface area contributed by atoms with E-state index < -0.39 is 0 Å². The minimum atomic E-state index is -0.109. The molecule has 1 heterocycles. The predicted molar refractivity (Wildman–Crippen MR) is 105 cm³/mol. The molecule has 1 unspecified atom stereocenters. The molecule has 1 aliphatic rings. The molecule has 1 saturated heterocycles. The van der Waals surface area contributed by atoms with Crippen LogP contribution in [0.5, 0.6) is 0 Å². The second-order valence-electron chi connectivity index (χ2n) is 5.26. The smallest absolute Gasteiger partial charge is 0.305 e. The Kier molecular flexibility index (Phi) is 14.3. The fourth-order valence-corrected chi connectivity index (χ4v) is 3.49. The van der Waals surface area contributed by atoms with Gasteiger partial charge in [-0.05, 0) is 31.4 Å². The average Bonchev–Trinajstić information content (AvgIpc) is 3.02. The average molecular weight is 443 g/mol. The molecule has 1 atom stereocenters. The Morgan fingerprint density at radius 2 is 2.05 bits per heavy atom. The largest absolute Gasteiger partial charge is 0.469 e. The first kappa shape index (κ1) is 21.8. The summed E-state index contributed by atoms with van der Waals surface area (Å²) >= 11 is 2.05. The first-order valence-electron chi connectivity index (χ1n) is 7.89. The number of nitrogens with one attached hydrogen (secondary N) is 2. The van der Waals surface area contributed by atoms with Crippen LogP contribution in [0.15, 0.2) is 4.99 Å². The van der Waals surface area contributed by atoms with E-state index in [4.69, 9.17) is 0 Å². The summed E-state index contributed by atoms with van der Waals surface area (Å²) in [6.07, 6.45) is 7.40. The molecule has 0 aromatic heterocycles. The van der Waals surface area contributed by atoms with Crippen LogP contribution in [0.1, 0.15) is 44.9 Å². The van der Waals surface area contributed by atoms with Gasteiger partial charge < -0.3 is 15.4 Å². The summed E-state index contributed by atoms with van der Waals surface area (Å²) in [6, 6.07) is 0. The molecular formula is C15H30IN3O2S. The molecule has 5 nitrogen and oxygen atoms in total. The quantitative estimate of drug-likeness (QED) is 0.189. The van der Waals surface area contributed by atoms with E-state index in [1.165, 1.54) is 25.7 Å². The van der Waals surface area contributed by atoms with Crippen molar-refractivity contribution in [2.45, 2.75) is 50.2 Å². The first-order chi connectivity index (χ1) is 10.3. The van der Waals surface area contributed by atoms with Crippen molar-refractivity contribution in [3.8, 4) is 0 Å². The number of carbonyl (C=O) groups is 1. The lowest BCUT2D eigenvalue weighted by atomic mass is 10.1. The number of methoxy groups -OCH3 is 1. The normalized spacial score (nSPS) is 17.7. The van der Waals surface area contributed by atoms with Crippen molar-refractivity contribution in [1.29, 1.82) is 0 Å². The summed E-state index contributed by atoms with van der Waals surface area (Å²) < 4.78 is 4.62. The SMILES string of the molecule is CN=C(NCCCCCCC(=O)OC)NCC1CCCS1.I. The van der Waals surface area contributed by atoms with Gasteiger partial charge in [-0.15, -0.1) is 24.0 Å². The van der Waals surface area contributed by atoms with Crippen LogP contribution in [0.25, 0.3) is 0 Å². The zero-order chi connectivity index (χ0) is 15.3. The van der Waals surface area contributed by atoms with Crippen molar-refractivity contribution in [1.82, 2.24) is 10.6 Å². The second kappa shape index (κ2) is 14.4. The molecular weight excluding hydrogens is 413 g/mol. The number of thioether (sulfide) groups is 1. The van der Waals surface area contributed by atoms with Crippen LogP contribution in [0.2, 0.25) is 0 Å². The molecule has 0 saturated carbocycles. The lowest BCUT2D eigenvalue weighted by Gasteiger charge is -2.14. The Morgan fingerprint density at radius 3 is 2.68 bits per heavy atom. The lowest BCUT2D eigenvalue weighted by molar-refractivity contribution is -0.140. The van der Waals surface area contributed by atoms with Crippen molar-refractivity contribution in [2.24, 2.45) is 4.99 Å². The summed E-state index contributed by atoms with van der Waals surface area (Å²) in [5, 5.41) is 7.47. The third kappa shape index (κ3) is 10.5. The van der Waals surface area contributed by atoms with E-state index in [2.05, 4.69) is 32.1 Å². The number of carbonyl (C=O) groups excluding carboxylic acids is 1. The Morgan fingerprint density at radius 1 is 1.27 bits per heavy atom. The second-order valence-corrected chi connectivity index (χ2v) is 6.66. The highest BCUT2D eigenvalue weighted by atomic mass is 127. The molecule has 22 heavy (non-hydrogen) atoms. The van der Waals surface area contributed by atoms with Crippen LogP contribution in [0.4, 0.5) is 0 Å². The number of nitrogens with zero attached hydrogens (tertiary/aromatic N) is 1. The number of rotatable bonds is 9. The zero-order valence-corrected chi connectivity index (χ0v) is 16.9. The standard InChI is InChI=1S/C15H29N3O2S.HI/c1-16-15(18-12-13-8-7-11-21-13)17-10-6-4-3-5-9-14(19)20-2;/h13H,3-12H2,1-2H3,(H2,16,17,18);1H. The summed E-state index contributed by atoms with van der Waals surface area (Å²) in [4.78, 5) is 15.2. The molecule has 0 aromatic rings. The Labute approximate surface area is 155 Å². The molecule has 1 aliphatic heterocycles. The topological polar surface area (TPSA) is 62.7 Å². The fraction of sp³-hybridized carbons (Fsp3) is 0.867. The molecule has 0 bridgehead atoms. The van der Waals surface area contributed by atoms with Gasteiger partial charge in [-0.25, -0.2) is 0 Å². The van der Waals surface area contributed by atoms with Gasteiger partial charge in [-0.3, -0.25) is 9.79 Å². The third-order valence-electron chi connectivity index (χ3n) is 3.57. The molecule has 0 aromatic carbocycles. The molecule has 2 N–H and O–H groups in total. The number of halogens is 1. The van der Waals surface area contributed by atoms with Gasteiger partial charge in [0.25, 0.3) is 0 Å². The minimum absolute atomic E-state index is 0. The van der Waals surface area contributed by atoms with Gasteiger partial charge in [-0.1, -0.05) is 12.8 Å². The molecule has 0 amide bonds. The fourth-order valence-electron chi connectivity index (χ4n) is 2.29. The van der Waals surface area contributed by atoms with Gasteiger partial charge in [-0.2, -0.15) is 11.8 Å².